The quantitative estimate of drug-likeness (QED) is 0.888. The molecule has 2 aromatic heterocycles. The molecule has 0 atom stereocenters. The van der Waals surface area contributed by atoms with Crippen molar-refractivity contribution in [2.24, 2.45) is 0 Å². The van der Waals surface area contributed by atoms with Crippen molar-refractivity contribution in [3.63, 3.8) is 0 Å². The minimum absolute atomic E-state index is 0.134. The third-order valence-corrected chi connectivity index (χ3v) is 3.09. The maximum absolute atomic E-state index is 5.31. The van der Waals surface area contributed by atoms with Crippen molar-refractivity contribution in [2.75, 3.05) is 0 Å². The van der Waals surface area contributed by atoms with Gasteiger partial charge in [0, 0.05) is 23.2 Å². The second-order valence-electron chi connectivity index (χ2n) is 4.71. The lowest BCUT2D eigenvalue weighted by molar-refractivity contribution is 0.426. The molecule has 0 radical (unpaired) electrons. The van der Waals surface area contributed by atoms with Gasteiger partial charge in [0.2, 0.25) is 0 Å². The summed E-state index contributed by atoms with van der Waals surface area (Å²) >= 11 is 1.66. The van der Waals surface area contributed by atoms with E-state index in [4.69, 9.17) is 4.42 Å². The summed E-state index contributed by atoms with van der Waals surface area (Å²) < 4.78 is 5.31. The third-order valence-electron chi connectivity index (χ3n) is 2.08. The van der Waals surface area contributed by atoms with Crippen LogP contribution in [0.1, 0.15) is 25.6 Å². The Labute approximate surface area is 99.5 Å². The van der Waals surface area contributed by atoms with E-state index in [-0.39, 0.29) is 5.54 Å². The Balaban J connectivity index is 2.03. The summed E-state index contributed by atoms with van der Waals surface area (Å²) in [4.78, 5) is 5.57. The zero-order chi connectivity index (χ0) is 11.6. The van der Waals surface area contributed by atoms with Gasteiger partial charge in [-0.25, -0.2) is 4.98 Å². The van der Waals surface area contributed by atoms with Gasteiger partial charge < -0.3 is 9.73 Å². The van der Waals surface area contributed by atoms with Gasteiger partial charge in [0.15, 0.2) is 10.8 Å². The molecule has 86 valence electrons. The van der Waals surface area contributed by atoms with Crippen LogP contribution >= 0.6 is 11.3 Å². The predicted molar refractivity (Wildman–Crippen MR) is 66.4 cm³/mol. The van der Waals surface area contributed by atoms with Gasteiger partial charge in [0.25, 0.3) is 0 Å². The molecule has 0 spiro atoms. The van der Waals surface area contributed by atoms with Gasteiger partial charge in [-0.15, -0.1) is 11.3 Å². The Morgan fingerprint density at radius 2 is 2.25 bits per heavy atom. The molecule has 0 fully saturated rings. The number of nitrogens with one attached hydrogen (secondary N) is 1. The SMILES string of the molecule is CC(C)(C)NCc1cnc(-c2ccco2)s1. The average molecular weight is 236 g/mol. The molecular weight excluding hydrogens is 220 g/mol. The fourth-order valence-corrected chi connectivity index (χ4v) is 2.08. The summed E-state index contributed by atoms with van der Waals surface area (Å²) in [7, 11) is 0. The topological polar surface area (TPSA) is 38.1 Å². The van der Waals surface area contributed by atoms with Gasteiger partial charge in [-0.2, -0.15) is 0 Å². The molecule has 0 saturated heterocycles. The molecule has 4 heteroatoms. The lowest BCUT2D eigenvalue weighted by Gasteiger charge is -2.19. The van der Waals surface area contributed by atoms with Crippen molar-refractivity contribution in [3.8, 4) is 10.8 Å². The van der Waals surface area contributed by atoms with Crippen LogP contribution in [0.25, 0.3) is 10.8 Å². The van der Waals surface area contributed by atoms with Crippen LogP contribution in [0.3, 0.4) is 0 Å². The normalized spacial score (nSPS) is 11.9. The van der Waals surface area contributed by atoms with Crippen molar-refractivity contribution in [2.45, 2.75) is 32.9 Å². The summed E-state index contributed by atoms with van der Waals surface area (Å²) in [5.74, 6) is 0.840. The highest BCUT2D eigenvalue weighted by atomic mass is 32.1. The van der Waals surface area contributed by atoms with E-state index in [1.807, 2.05) is 18.3 Å². The average Bonchev–Trinajstić information content (AvgIpc) is 2.84. The minimum Gasteiger partial charge on any atom is -0.462 e. The van der Waals surface area contributed by atoms with Crippen LogP contribution in [0, 0.1) is 0 Å². The van der Waals surface area contributed by atoms with Crippen LogP contribution in [0.15, 0.2) is 29.0 Å². The number of hydrogen-bond donors (Lipinski definition) is 1. The van der Waals surface area contributed by atoms with E-state index in [0.717, 1.165) is 17.3 Å². The van der Waals surface area contributed by atoms with Crippen molar-refractivity contribution >= 4 is 11.3 Å². The van der Waals surface area contributed by atoms with E-state index in [1.165, 1.54) is 4.88 Å². The van der Waals surface area contributed by atoms with Crippen LogP contribution in [-0.4, -0.2) is 10.5 Å². The number of thiazole rings is 1. The molecule has 0 bridgehead atoms. The second kappa shape index (κ2) is 4.39. The highest BCUT2D eigenvalue weighted by Crippen LogP contribution is 2.25. The first-order valence-corrected chi connectivity index (χ1v) is 6.10. The van der Waals surface area contributed by atoms with Gasteiger partial charge in [0.05, 0.1) is 6.26 Å². The third kappa shape index (κ3) is 2.93. The second-order valence-corrected chi connectivity index (χ2v) is 5.83. The summed E-state index contributed by atoms with van der Waals surface area (Å²) in [6, 6.07) is 3.81. The van der Waals surface area contributed by atoms with Crippen LogP contribution in [-0.2, 0) is 6.54 Å². The number of rotatable bonds is 3. The molecule has 2 heterocycles. The van der Waals surface area contributed by atoms with E-state index in [2.05, 4.69) is 31.1 Å². The first-order valence-electron chi connectivity index (χ1n) is 5.28. The van der Waals surface area contributed by atoms with Gasteiger partial charge in [-0.05, 0) is 32.9 Å². The zero-order valence-corrected chi connectivity index (χ0v) is 10.6. The molecule has 0 aliphatic heterocycles. The van der Waals surface area contributed by atoms with Gasteiger partial charge >= 0.3 is 0 Å². The molecule has 0 aliphatic carbocycles. The predicted octanol–water partition coefficient (Wildman–Crippen LogP) is 3.29. The standard InChI is InChI=1S/C12H16N2OS/c1-12(2,3)14-8-9-7-13-11(16-9)10-5-4-6-15-10/h4-7,14H,8H2,1-3H3. The lowest BCUT2D eigenvalue weighted by atomic mass is 10.1. The van der Waals surface area contributed by atoms with Crippen LogP contribution in [0.2, 0.25) is 0 Å². The summed E-state index contributed by atoms with van der Waals surface area (Å²) in [5, 5.41) is 4.38. The molecule has 3 nitrogen and oxygen atoms in total. The van der Waals surface area contributed by atoms with Crippen molar-refractivity contribution in [3.05, 3.63) is 29.5 Å². The lowest BCUT2D eigenvalue weighted by Crippen LogP contribution is -2.34. The van der Waals surface area contributed by atoms with E-state index in [9.17, 15) is 0 Å². The van der Waals surface area contributed by atoms with E-state index >= 15 is 0 Å². The molecule has 1 N–H and O–H groups in total. The molecule has 0 unspecified atom stereocenters. The molecule has 0 aromatic carbocycles. The molecule has 0 saturated carbocycles. The Bertz CT molecular complexity index is 440. The fourth-order valence-electron chi connectivity index (χ4n) is 1.26. The molecule has 2 rings (SSSR count). The Morgan fingerprint density at radius 1 is 1.44 bits per heavy atom. The van der Waals surface area contributed by atoms with Crippen molar-refractivity contribution in [1.82, 2.24) is 10.3 Å². The zero-order valence-electron chi connectivity index (χ0n) is 9.78. The van der Waals surface area contributed by atoms with E-state index in [0.29, 0.717) is 0 Å². The fraction of sp³-hybridized carbons (Fsp3) is 0.417. The van der Waals surface area contributed by atoms with Gasteiger partial charge in [-0.3, -0.25) is 0 Å². The monoisotopic (exact) mass is 236 g/mol. The summed E-state index contributed by atoms with van der Waals surface area (Å²) in [6.45, 7) is 7.31. The van der Waals surface area contributed by atoms with Crippen molar-refractivity contribution < 1.29 is 4.42 Å². The molecule has 2 aromatic rings. The number of nitrogens with zero attached hydrogens (tertiary/aromatic N) is 1. The maximum atomic E-state index is 5.31. The number of aromatic nitrogens is 1. The van der Waals surface area contributed by atoms with E-state index < -0.39 is 0 Å². The summed E-state index contributed by atoms with van der Waals surface area (Å²) in [6.07, 6.45) is 3.57. The Morgan fingerprint density at radius 3 is 2.88 bits per heavy atom. The highest BCUT2D eigenvalue weighted by molar-refractivity contribution is 7.14. The van der Waals surface area contributed by atoms with Crippen molar-refractivity contribution in [1.29, 1.82) is 0 Å². The van der Waals surface area contributed by atoms with Gasteiger partial charge in [0.1, 0.15) is 0 Å². The largest absolute Gasteiger partial charge is 0.462 e. The van der Waals surface area contributed by atoms with Crippen LogP contribution in [0.5, 0.6) is 0 Å². The first kappa shape index (κ1) is 11.4. The van der Waals surface area contributed by atoms with E-state index in [1.54, 1.807) is 17.6 Å². The molecule has 16 heavy (non-hydrogen) atoms. The number of furan rings is 1. The smallest absolute Gasteiger partial charge is 0.162 e. The van der Waals surface area contributed by atoms with Gasteiger partial charge in [-0.1, -0.05) is 0 Å². The maximum Gasteiger partial charge on any atom is 0.162 e. The highest BCUT2D eigenvalue weighted by Gasteiger charge is 2.11. The molecule has 0 aliphatic rings. The summed E-state index contributed by atoms with van der Waals surface area (Å²) in [5.41, 5.74) is 0.134. The minimum atomic E-state index is 0.134. The Kier molecular flexibility index (Phi) is 3.12. The number of hydrogen-bond acceptors (Lipinski definition) is 4. The Hall–Kier alpha value is -1.13. The molecular formula is C12H16N2OS. The molecule has 0 amide bonds. The van der Waals surface area contributed by atoms with Crippen LogP contribution in [0.4, 0.5) is 0 Å². The van der Waals surface area contributed by atoms with Crippen LogP contribution < -0.4 is 5.32 Å². The first-order chi connectivity index (χ1) is 7.54.